The van der Waals surface area contributed by atoms with E-state index in [4.69, 9.17) is 10.2 Å². The molecule has 0 aromatic heterocycles. The second-order valence-corrected chi connectivity index (χ2v) is 4.99. The number of hydrogen-bond donors (Lipinski definition) is 3. The molecule has 0 aliphatic carbocycles. The van der Waals surface area contributed by atoms with E-state index in [1.54, 1.807) is 0 Å². The van der Waals surface area contributed by atoms with Crippen LogP contribution in [-0.2, 0) is 0 Å². The van der Waals surface area contributed by atoms with Gasteiger partial charge in [0.2, 0.25) is 0 Å². The van der Waals surface area contributed by atoms with E-state index in [-0.39, 0.29) is 18.6 Å². The van der Waals surface area contributed by atoms with Crippen molar-refractivity contribution in [1.82, 2.24) is 10.2 Å². The van der Waals surface area contributed by atoms with Crippen molar-refractivity contribution in [3.8, 4) is 0 Å². The number of aliphatic hydroxyl groups is 2. The van der Waals surface area contributed by atoms with Gasteiger partial charge < -0.3 is 15.5 Å². The predicted molar refractivity (Wildman–Crippen MR) is 67.5 cm³/mol. The first-order valence-electron chi connectivity index (χ1n) is 6.15. The van der Waals surface area contributed by atoms with Crippen molar-refractivity contribution < 1.29 is 10.2 Å². The van der Waals surface area contributed by atoms with Gasteiger partial charge in [-0.05, 0) is 18.9 Å². The average molecular weight is 232 g/mol. The van der Waals surface area contributed by atoms with Crippen molar-refractivity contribution in [3.63, 3.8) is 0 Å². The molecule has 3 N–H and O–H groups in total. The summed E-state index contributed by atoms with van der Waals surface area (Å²) in [5, 5.41) is 21.4. The van der Waals surface area contributed by atoms with Crippen molar-refractivity contribution >= 4 is 0 Å². The van der Waals surface area contributed by atoms with E-state index in [0.717, 1.165) is 13.1 Å². The van der Waals surface area contributed by atoms with E-state index in [1.165, 1.54) is 0 Å². The molecular formula is C12H28N2O2. The van der Waals surface area contributed by atoms with Gasteiger partial charge in [-0.15, -0.1) is 0 Å². The Kier molecular flexibility index (Phi) is 7.93. The lowest BCUT2D eigenvalue weighted by atomic mass is 9.84. The summed E-state index contributed by atoms with van der Waals surface area (Å²) in [5.74, 6) is 0. The zero-order chi connectivity index (χ0) is 12.6. The van der Waals surface area contributed by atoms with Gasteiger partial charge in [0.05, 0.1) is 13.2 Å². The van der Waals surface area contributed by atoms with Crippen LogP contribution in [0.4, 0.5) is 0 Å². The Balaban J connectivity index is 4.26. The van der Waals surface area contributed by atoms with Gasteiger partial charge in [0, 0.05) is 25.7 Å². The Labute approximate surface area is 99.7 Å². The van der Waals surface area contributed by atoms with Crippen molar-refractivity contribution in [1.29, 1.82) is 0 Å². The Bertz CT molecular complexity index is 168. The fraction of sp³-hybridized carbons (Fsp3) is 1.00. The summed E-state index contributed by atoms with van der Waals surface area (Å²) < 4.78 is 0. The third-order valence-corrected chi connectivity index (χ3v) is 3.15. The molecule has 0 saturated carbocycles. The van der Waals surface area contributed by atoms with Crippen LogP contribution < -0.4 is 5.32 Å². The normalized spacial score (nSPS) is 14.4. The van der Waals surface area contributed by atoms with Crippen LogP contribution in [0.1, 0.15) is 27.7 Å². The summed E-state index contributed by atoms with van der Waals surface area (Å²) in [5.41, 5.74) is 0.125. The molecule has 0 bridgehead atoms. The summed E-state index contributed by atoms with van der Waals surface area (Å²) in [6.45, 7) is 12.1. The van der Waals surface area contributed by atoms with E-state index < -0.39 is 0 Å². The first kappa shape index (κ1) is 15.8. The van der Waals surface area contributed by atoms with Crippen LogP contribution in [-0.4, -0.2) is 60.5 Å². The molecule has 1 unspecified atom stereocenters. The SMILES string of the molecule is CCNC(C)C(C)(C)CN(CCO)CCO. The number of hydrogen-bond acceptors (Lipinski definition) is 4. The largest absolute Gasteiger partial charge is 0.395 e. The van der Waals surface area contributed by atoms with Crippen LogP contribution >= 0.6 is 0 Å². The van der Waals surface area contributed by atoms with E-state index in [2.05, 4.69) is 37.9 Å². The quantitative estimate of drug-likeness (QED) is 0.535. The minimum Gasteiger partial charge on any atom is -0.395 e. The molecule has 98 valence electrons. The van der Waals surface area contributed by atoms with E-state index in [0.29, 0.717) is 19.1 Å². The van der Waals surface area contributed by atoms with E-state index in [9.17, 15) is 0 Å². The summed E-state index contributed by atoms with van der Waals surface area (Å²) in [4.78, 5) is 2.10. The Hall–Kier alpha value is -0.160. The molecule has 16 heavy (non-hydrogen) atoms. The summed E-state index contributed by atoms with van der Waals surface area (Å²) in [6.07, 6.45) is 0. The Morgan fingerprint density at radius 1 is 1.19 bits per heavy atom. The number of nitrogens with zero attached hydrogens (tertiary/aromatic N) is 1. The Morgan fingerprint density at radius 3 is 2.06 bits per heavy atom. The highest BCUT2D eigenvalue weighted by Crippen LogP contribution is 2.21. The van der Waals surface area contributed by atoms with E-state index in [1.807, 2.05) is 0 Å². The lowest BCUT2D eigenvalue weighted by Gasteiger charge is -2.37. The smallest absolute Gasteiger partial charge is 0.0558 e. The average Bonchev–Trinajstić information content (AvgIpc) is 2.18. The molecular weight excluding hydrogens is 204 g/mol. The van der Waals surface area contributed by atoms with Gasteiger partial charge in [0.25, 0.3) is 0 Å². The van der Waals surface area contributed by atoms with Gasteiger partial charge in [-0.3, -0.25) is 4.90 Å². The molecule has 0 rings (SSSR count). The van der Waals surface area contributed by atoms with Crippen LogP contribution in [0.3, 0.4) is 0 Å². The molecule has 0 saturated heterocycles. The van der Waals surface area contributed by atoms with Crippen LogP contribution in [0.25, 0.3) is 0 Å². The zero-order valence-corrected chi connectivity index (χ0v) is 11.2. The van der Waals surface area contributed by atoms with Gasteiger partial charge in [0.1, 0.15) is 0 Å². The molecule has 0 aromatic rings. The lowest BCUT2D eigenvalue weighted by molar-refractivity contribution is 0.103. The van der Waals surface area contributed by atoms with Crippen LogP contribution in [0.2, 0.25) is 0 Å². The molecule has 1 atom stereocenters. The minimum atomic E-state index is 0.125. The van der Waals surface area contributed by atoms with Crippen LogP contribution in [0, 0.1) is 5.41 Å². The van der Waals surface area contributed by atoms with Crippen molar-refractivity contribution in [2.75, 3.05) is 39.4 Å². The first-order chi connectivity index (χ1) is 7.47. The van der Waals surface area contributed by atoms with Crippen molar-refractivity contribution in [3.05, 3.63) is 0 Å². The topological polar surface area (TPSA) is 55.7 Å². The summed E-state index contributed by atoms with van der Waals surface area (Å²) in [7, 11) is 0. The van der Waals surface area contributed by atoms with Gasteiger partial charge in [0.15, 0.2) is 0 Å². The first-order valence-corrected chi connectivity index (χ1v) is 6.15. The van der Waals surface area contributed by atoms with Gasteiger partial charge in [-0.2, -0.15) is 0 Å². The maximum Gasteiger partial charge on any atom is 0.0558 e. The number of rotatable bonds is 9. The molecule has 4 heteroatoms. The van der Waals surface area contributed by atoms with Gasteiger partial charge >= 0.3 is 0 Å². The maximum atomic E-state index is 8.96. The zero-order valence-electron chi connectivity index (χ0n) is 11.2. The number of nitrogens with one attached hydrogen (secondary N) is 1. The highest BCUT2D eigenvalue weighted by Gasteiger charge is 2.27. The van der Waals surface area contributed by atoms with Gasteiger partial charge in [-0.25, -0.2) is 0 Å². The monoisotopic (exact) mass is 232 g/mol. The molecule has 0 fully saturated rings. The molecule has 0 aromatic carbocycles. The molecule has 0 amide bonds. The standard InChI is InChI=1S/C12H28N2O2/c1-5-13-11(2)12(3,4)10-14(6-8-15)7-9-16/h11,13,15-16H,5-10H2,1-4H3. The highest BCUT2D eigenvalue weighted by atomic mass is 16.3. The fourth-order valence-electron chi connectivity index (χ4n) is 1.85. The summed E-state index contributed by atoms with van der Waals surface area (Å²) in [6, 6.07) is 0.414. The van der Waals surface area contributed by atoms with Crippen LogP contribution in [0.5, 0.6) is 0 Å². The fourth-order valence-corrected chi connectivity index (χ4v) is 1.85. The second-order valence-electron chi connectivity index (χ2n) is 4.99. The molecule has 0 heterocycles. The van der Waals surface area contributed by atoms with Crippen molar-refractivity contribution in [2.45, 2.75) is 33.7 Å². The summed E-state index contributed by atoms with van der Waals surface area (Å²) >= 11 is 0. The number of aliphatic hydroxyl groups excluding tert-OH is 2. The third-order valence-electron chi connectivity index (χ3n) is 3.15. The lowest BCUT2D eigenvalue weighted by Crippen LogP contribution is -2.47. The highest BCUT2D eigenvalue weighted by molar-refractivity contribution is 4.83. The van der Waals surface area contributed by atoms with E-state index >= 15 is 0 Å². The maximum absolute atomic E-state index is 8.96. The Morgan fingerprint density at radius 2 is 1.69 bits per heavy atom. The molecule has 0 aliphatic rings. The molecule has 0 aliphatic heterocycles. The molecule has 0 radical (unpaired) electrons. The van der Waals surface area contributed by atoms with Crippen LogP contribution in [0.15, 0.2) is 0 Å². The predicted octanol–water partition coefficient (Wildman–Crippen LogP) is 0.297. The molecule has 0 spiro atoms. The molecule has 4 nitrogen and oxygen atoms in total. The van der Waals surface area contributed by atoms with Gasteiger partial charge in [-0.1, -0.05) is 20.8 Å². The third kappa shape index (κ3) is 5.80. The van der Waals surface area contributed by atoms with Crippen molar-refractivity contribution in [2.24, 2.45) is 5.41 Å². The minimum absolute atomic E-state index is 0.125. The second kappa shape index (κ2) is 8.01.